The van der Waals surface area contributed by atoms with Crippen molar-refractivity contribution in [1.29, 1.82) is 0 Å². The van der Waals surface area contributed by atoms with Crippen LogP contribution in [-0.4, -0.2) is 41.4 Å². The molecule has 2 aliphatic rings. The van der Waals surface area contributed by atoms with Crippen LogP contribution in [0.25, 0.3) is 11.0 Å². The monoisotopic (exact) mass is 330 g/mol. The summed E-state index contributed by atoms with van der Waals surface area (Å²) >= 11 is 0. The zero-order chi connectivity index (χ0) is 16.5. The van der Waals surface area contributed by atoms with Crippen molar-refractivity contribution in [3.05, 3.63) is 28.7 Å². The Morgan fingerprint density at radius 1 is 1.08 bits per heavy atom. The number of hydrogen-bond donors (Lipinski definition) is 2. The van der Waals surface area contributed by atoms with Crippen LogP contribution in [0.15, 0.2) is 23.0 Å². The summed E-state index contributed by atoms with van der Waals surface area (Å²) in [6.07, 6.45) is 4.51. The van der Waals surface area contributed by atoms with Gasteiger partial charge in [-0.1, -0.05) is 0 Å². The molecule has 1 aromatic heterocycles. The number of fused-ring (bicyclic) bond motifs is 1. The van der Waals surface area contributed by atoms with Crippen molar-refractivity contribution >= 4 is 11.0 Å². The number of nitrogens with one attached hydrogen (secondary N) is 2. The number of rotatable bonds is 3. The molecule has 2 aromatic rings. The molecule has 2 N–H and O–H groups in total. The number of hydrogen-bond acceptors (Lipinski definition) is 4. The van der Waals surface area contributed by atoms with Crippen LogP contribution in [0.5, 0.6) is 5.75 Å². The normalized spacial score (nSPS) is 22.8. The Morgan fingerprint density at radius 3 is 2.67 bits per heavy atom. The van der Waals surface area contributed by atoms with Crippen LogP contribution in [-0.2, 0) is 7.05 Å². The lowest BCUT2D eigenvalue weighted by molar-refractivity contribution is 0.162. The molecule has 1 atom stereocenters. The summed E-state index contributed by atoms with van der Waals surface area (Å²) in [7, 11) is 1.85. The number of ether oxygens (including phenoxy) is 1. The molecule has 2 aliphatic heterocycles. The van der Waals surface area contributed by atoms with Gasteiger partial charge in [0.25, 0.3) is 0 Å². The number of imidazole rings is 1. The second-order valence-corrected chi connectivity index (χ2v) is 6.93. The molecule has 0 saturated carbocycles. The molecular weight excluding hydrogens is 304 g/mol. The van der Waals surface area contributed by atoms with Crippen molar-refractivity contribution in [3.63, 3.8) is 0 Å². The summed E-state index contributed by atoms with van der Waals surface area (Å²) in [5.74, 6) is 0.865. The summed E-state index contributed by atoms with van der Waals surface area (Å²) in [4.78, 5) is 12.7. The third-order valence-corrected chi connectivity index (χ3v) is 5.29. The van der Waals surface area contributed by atoms with Crippen molar-refractivity contribution < 1.29 is 4.74 Å². The Hall–Kier alpha value is -1.79. The van der Waals surface area contributed by atoms with Crippen LogP contribution in [0, 0.1) is 0 Å². The molecule has 6 nitrogen and oxygen atoms in total. The Bertz CT molecular complexity index is 767. The maximum Gasteiger partial charge on any atom is 0.329 e. The Balaban J connectivity index is 1.67. The van der Waals surface area contributed by atoms with Crippen LogP contribution in [0.2, 0.25) is 0 Å². The minimum absolute atomic E-state index is 0.0673. The van der Waals surface area contributed by atoms with Gasteiger partial charge in [-0.05, 0) is 57.5 Å². The van der Waals surface area contributed by atoms with Crippen molar-refractivity contribution in [2.24, 2.45) is 7.05 Å². The smallest absolute Gasteiger partial charge is 0.329 e. The van der Waals surface area contributed by atoms with E-state index in [-0.39, 0.29) is 17.8 Å². The molecule has 1 unspecified atom stereocenters. The fourth-order valence-corrected chi connectivity index (χ4v) is 3.93. The average Bonchev–Trinajstić information content (AvgIpc) is 2.88. The average molecular weight is 330 g/mol. The maximum atomic E-state index is 12.7. The van der Waals surface area contributed by atoms with Crippen molar-refractivity contribution in [3.8, 4) is 5.75 Å². The van der Waals surface area contributed by atoms with Crippen LogP contribution in [0.4, 0.5) is 0 Å². The topological polar surface area (TPSA) is 60.2 Å². The molecule has 0 bridgehead atoms. The largest absolute Gasteiger partial charge is 0.490 e. The molecule has 130 valence electrons. The van der Waals surface area contributed by atoms with Crippen LogP contribution in [0.3, 0.4) is 0 Å². The first-order chi connectivity index (χ1) is 11.7. The van der Waals surface area contributed by atoms with E-state index in [9.17, 15) is 4.79 Å². The first kappa shape index (κ1) is 15.7. The zero-order valence-electron chi connectivity index (χ0n) is 14.3. The van der Waals surface area contributed by atoms with E-state index in [1.165, 1.54) is 0 Å². The number of aromatic nitrogens is 2. The third kappa shape index (κ3) is 2.84. The molecule has 2 saturated heterocycles. The molecule has 0 radical (unpaired) electrons. The highest BCUT2D eigenvalue weighted by atomic mass is 16.5. The van der Waals surface area contributed by atoms with E-state index >= 15 is 0 Å². The molecule has 3 heterocycles. The van der Waals surface area contributed by atoms with Crippen molar-refractivity contribution in [2.75, 3.05) is 26.2 Å². The summed E-state index contributed by atoms with van der Waals surface area (Å²) in [6.45, 7) is 3.93. The molecule has 2 fully saturated rings. The standard InChI is InChI=1S/C18H26N4O2/c1-21-17-11-15(24-14-6-9-19-10-7-14)4-5-16(17)22(18(21)23)13-3-2-8-20-12-13/h4-5,11,13-14,19-20H,2-3,6-10,12H2,1H3. The molecule has 0 amide bonds. The van der Waals surface area contributed by atoms with E-state index in [4.69, 9.17) is 4.74 Å². The predicted octanol–water partition coefficient (Wildman–Crippen LogP) is 1.40. The summed E-state index contributed by atoms with van der Waals surface area (Å²) in [5, 5.41) is 6.75. The quantitative estimate of drug-likeness (QED) is 0.893. The lowest BCUT2D eigenvalue weighted by atomic mass is 10.1. The Kier molecular flexibility index (Phi) is 4.33. The highest BCUT2D eigenvalue weighted by molar-refractivity contribution is 5.78. The minimum Gasteiger partial charge on any atom is -0.490 e. The van der Waals surface area contributed by atoms with E-state index in [0.29, 0.717) is 0 Å². The lowest BCUT2D eigenvalue weighted by Gasteiger charge is -2.24. The van der Waals surface area contributed by atoms with E-state index in [1.54, 1.807) is 4.57 Å². The minimum atomic E-state index is 0.0673. The van der Waals surface area contributed by atoms with Crippen LogP contribution in [0.1, 0.15) is 31.7 Å². The molecule has 0 aliphatic carbocycles. The fraction of sp³-hybridized carbons (Fsp3) is 0.611. The van der Waals surface area contributed by atoms with Crippen molar-refractivity contribution in [2.45, 2.75) is 37.8 Å². The van der Waals surface area contributed by atoms with E-state index < -0.39 is 0 Å². The fourth-order valence-electron chi connectivity index (χ4n) is 3.93. The van der Waals surface area contributed by atoms with Gasteiger partial charge >= 0.3 is 5.69 Å². The van der Waals surface area contributed by atoms with Gasteiger partial charge in [-0.25, -0.2) is 4.79 Å². The SMILES string of the molecule is Cn1c(=O)n(C2CCCNC2)c2ccc(OC3CCNCC3)cc21. The highest BCUT2D eigenvalue weighted by Crippen LogP contribution is 2.26. The van der Waals surface area contributed by atoms with E-state index in [1.807, 2.05) is 29.8 Å². The van der Waals surface area contributed by atoms with E-state index in [2.05, 4.69) is 10.6 Å². The second-order valence-electron chi connectivity index (χ2n) is 6.93. The summed E-state index contributed by atoms with van der Waals surface area (Å²) in [6, 6.07) is 6.32. The summed E-state index contributed by atoms with van der Waals surface area (Å²) in [5.41, 5.74) is 2.03. The highest BCUT2D eigenvalue weighted by Gasteiger charge is 2.22. The Labute approximate surface area is 141 Å². The second kappa shape index (κ2) is 6.61. The van der Waals surface area contributed by atoms with Gasteiger partial charge in [0, 0.05) is 19.7 Å². The van der Waals surface area contributed by atoms with Crippen LogP contribution < -0.4 is 21.1 Å². The lowest BCUT2D eigenvalue weighted by Crippen LogP contribution is -2.36. The summed E-state index contributed by atoms with van der Waals surface area (Å²) < 4.78 is 9.84. The Morgan fingerprint density at radius 2 is 1.92 bits per heavy atom. The van der Waals surface area contributed by atoms with E-state index in [0.717, 1.165) is 68.6 Å². The molecule has 0 spiro atoms. The molecule has 4 rings (SSSR count). The van der Waals surface area contributed by atoms with Gasteiger partial charge in [-0.2, -0.15) is 0 Å². The number of piperidine rings is 2. The first-order valence-electron chi connectivity index (χ1n) is 9.03. The zero-order valence-corrected chi connectivity index (χ0v) is 14.3. The van der Waals surface area contributed by atoms with Gasteiger partial charge < -0.3 is 15.4 Å². The number of nitrogens with zero attached hydrogens (tertiary/aromatic N) is 2. The predicted molar refractivity (Wildman–Crippen MR) is 94.8 cm³/mol. The van der Waals surface area contributed by atoms with Gasteiger partial charge in [-0.15, -0.1) is 0 Å². The van der Waals surface area contributed by atoms with Gasteiger partial charge in [0.1, 0.15) is 11.9 Å². The van der Waals surface area contributed by atoms with Crippen LogP contribution >= 0.6 is 0 Å². The number of benzene rings is 1. The van der Waals surface area contributed by atoms with Gasteiger partial charge in [-0.3, -0.25) is 9.13 Å². The molecular formula is C18H26N4O2. The van der Waals surface area contributed by atoms with Gasteiger partial charge in [0.2, 0.25) is 0 Å². The molecule has 1 aromatic carbocycles. The van der Waals surface area contributed by atoms with Gasteiger partial charge in [0.05, 0.1) is 17.1 Å². The molecule has 24 heavy (non-hydrogen) atoms. The maximum absolute atomic E-state index is 12.7. The number of aryl methyl sites for hydroxylation is 1. The first-order valence-corrected chi connectivity index (χ1v) is 9.03. The van der Waals surface area contributed by atoms with Gasteiger partial charge in [0.15, 0.2) is 0 Å². The molecule has 6 heteroatoms. The van der Waals surface area contributed by atoms with Crippen molar-refractivity contribution in [1.82, 2.24) is 19.8 Å². The third-order valence-electron chi connectivity index (χ3n) is 5.29.